The van der Waals surface area contributed by atoms with E-state index >= 15 is 0 Å². The average Bonchev–Trinajstić information content (AvgIpc) is 3.45. The van der Waals surface area contributed by atoms with Gasteiger partial charge < -0.3 is 9.72 Å². The van der Waals surface area contributed by atoms with E-state index in [-0.39, 0.29) is 12.3 Å². The molecule has 1 N–H and O–H groups in total. The van der Waals surface area contributed by atoms with Gasteiger partial charge in [-0.15, -0.1) is 0 Å². The van der Waals surface area contributed by atoms with Crippen molar-refractivity contribution in [2.45, 2.75) is 38.1 Å². The van der Waals surface area contributed by atoms with Gasteiger partial charge in [-0.3, -0.25) is 4.90 Å². The normalized spacial score (nSPS) is 19.6. The third-order valence-corrected chi connectivity index (χ3v) is 7.76. The molecule has 6 rings (SSSR count). The summed E-state index contributed by atoms with van der Waals surface area (Å²) in [5.41, 5.74) is 7.89. The summed E-state index contributed by atoms with van der Waals surface area (Å²) in [7, 11) is 2.21. The lowest BCUT2D eigenvalue weighted by Crippen LogP contribution is -2.44. The Morgan fingerprint density at radius 2 is 1.33 bits per heavy atom. The smallest absolute Gasteiger partial charge is 0.138 e. The standard InChI is InChI=1S/C33H32N2O/c1-23-13-17-27(18-14-23)33(28-19-15-24(2)16-20-28)31(21-26-22-34-30-12-8-7-11-29(26)30)35(3)32(36-33)25-9-5-4-6-10-25/h4-20,22,31-32,34H,21H2,1-3H3/t31-,32-/m0/s1. The number of benzene rings is 4. The van der Waals surface area contributed by atoms with Gasteiger partial charge >= 0.3 is 0 Å². The molecule has 0 spiro atoms. The first-order valence-electron chi connectivity index (χ1n) is 12.7. The summed E-state index contributed by atoms with van der Waals surface area (Å²) in [6, 6.07) is 37.0. The van der Waals surface area contributed by atoms with Crippen LogP contribution in [-0.4, -0.2) is 23.0 Å². The molecular weight excluding hydrogens is 440 g/mol. The zero-order valence-electron chi connectivity index (χ0n) is 21.1. The number of nitrogens with zero attached hydrogens (tertiary/aromatic N) is 1. The highest BCUT2D eigenvalue weighted by molar-refractivity contribution is 5.83. The van der Waals surface area contributed by atoms with Crippen molar-refractivity contribution in [2.24, 2.45) is 0 Å². The van der Waals surface area contributed by atoms with Crippen LogP contribution in [0.3, 0.4) is 0 Å². The van der Waals surface area contributed by atoms with Crippen molar-refractivity contribution in [3.8, 4) is 0 Å². The maximum atomic E-state index is 7.29. The number of likely N-dealkylation sites (N-methyl/N-ethyl adjacent to an activating group) is 1. The van der Waals surface area contributed by atoms with Crippen molar-refractivity contribution >= 4 is 10.9 Å². The van der Waals surface area contributed by atoms with E-state index in [4.69, 9.17) is 4.74 Å². The topological polar surface area (TPSA) is 28.3 Å². The number of ether oxygens (including phenoxy) is 1. The third kappa shape index (κ3) is 3.76. The number of aryl methyl sites for hydroxylation is 2. The Morgan fingerprint density at radius 3 is 1.97 bits per heavy atom. The highest BCUT2D eigenvalue weighted by Gasteiger charge is 2.54. The summed E-state index contributed by atoms with van der Waals surface area (Å²) in [5, 5.41) is 1.27. The minimum absolute atomic E-state index is 0.0762. The number of rotatable bonds is 5. The molecule has 5 aromatic rings. The van der Waals surface area contributed by atoms with Crippen LogP contribution in [0.2, 0.25) is 0 Å². The summed E-state index contributed by atoms with van der Waals surface area (Å²) in [4.78, 5) is 5.91. The Morgan fingerprint density at radius 1 is 0.750 bits per heavy atom. The lowest BCUT2D eigenvalue weighted by molar-refractivity contribution is -0.0399. The van der Waals surface area contributed by atoms with Gasteiger partial charge in [0.1, 0.15) is 11.8 Å². The second-order valence-electron chi connectivity index (χ2n) is 10.1. The second kappa shape index (κ2) is 9.09. The molecule has 36 heavy (non-hydrogen) atoms. The highest BCUT2D eigenvalue weighted by Crippen LogP contribution is 2.51. The van der Waals surface area contributed by atoms with Crippen LogP contribution in [0.1, 0.15) is 39.6 Å². The SMILES string of the molecule is Cc1ccc(C2(c3ccc(C)cc3)O[C@@H](c3ccccc3)N(C)[C@H]2Cc2c[nH]c3ccccc23)cc1. The van der Waals surface area contributed by atoms with Crippen LogP contribution >= 0.6 is 0 Å². The van der Waals surface area contributed by atoms with E-state index in [1.165, 1.54) is 44.3 Å². The van der Waals surface area contributed by atoms with Crippen molar-refractivity contribution in [1.82, 2.24) is 9.88 Å². The van der Waals surface area contributed by atoms with Crippen molar-refractivity contribution in [1.29, 1.82) is 0 Å². The number of aromatic nitrogens is 1. The number of H-pyrrole nitrogens is 1. The maximum absolute atomic E-state index is 7.29. The van der Waals surface area contributed by atoms with E-state index < -0.39 is 5.60 Å². The fourth-order valence-electron chi connectivity index (χ4n) is 5.80. The predicted molar refractivity (Wildman–Crippen MR) is 147 cm³/mol. The summed E-state index contributed by atoms with van der Waals surface area (Å²) in [6.07, 6.45) is 2.86. The molecule has 2 heterocycles. The van der Waals surface area contributed by atoms with Crippen molar-refractivity contribution < 1.29 is 4.74 Å². The molecule has 0 unspecified atom stereocenters. The Hall–Kier alpha value is -3.66. The van der Waals surface area contributed by atoms with E-state index in [9.17, 15) is 0 Å². The van der Waals surface area contributed by atoms with Gasteiger partial charge in [0.05, 0.1) is 6.04 Å². The van der Waals surface area contributed by atoms with Gasteiger partial charge in [0, 0.05) is 17.1 Å². The minimum Gasteiger partial charge on any atom is -0.361 e. The van der Waals surface area contributed by atoms with Crippen molar-refractivity contribution in [3.05, 3.63) is 143 Å². The van der Waals surface area contributed by atoms with E-state index in [1.54, 1.807) is 0 Å². The summed E-state index contributed by atoms with van der Waals surface area (Å²) in [6.45, 7) is 4.28. The first kappa shape index (κ1) is 22.8. The third-order valence-electron chi connectivity index (χ3n) is 7.76. The minimum atomic E-state index is -0.630. The Labute approximate surface area is 213 Å². The van der Waals surface area contributed by atoms with Gasteiger partial charge in [0.15, 0.2) is 0 Å². The van der Waals surface area contributed by atoms with Gasteiger partial charge in [-0.25, -0.2) is 0 Å². The fraction of sp³-hybridized carbons (Fsp3) is 0.212. The molecule has 3 heteroatoms. The van der Waals surface area contributed by atoms with Gasteiger partial charge in [0.2, 0.25) is 0 Å². The Kier molecular flexibility index (Phi) is 5.75. The zero-order chi connectivity index (χ0) is 24.7. The van der Waals surface area contributed by atoms with Crippen LogP contribution in [0.4, 0.5) is 0 Å². The molecule has 0 saturated carbocycles. The lowest BCUT2D eigenvalue weighted by Gasteiger charge is -2.36. The van der Waals surface area contributed by atoms with Gasteiger partial charge in [-0.2, -0.15) is 0 Å². The molecule has 1 fully saturated rings. The van der Waals surface area contributed by atoms with E-state index in [1.807, 2.05) is 0 Å². The molecule has 0 amide bonds. The first-order valence-corrected chi connectivity index (χ1v) is 12.7. The number of hydrogen-bond acceptors (Lipinski definition) is 2. The predicted octanol–water partition coefficient (Wildman–Crippen LogP) is 7.30. The molecule has 1 aromatic heterocycles. The van der Waals surface area contributed by atoms with Crippen LogP contribution in [-0.2, 0) is 16.8 Å². The number of hydrogen-bond donors (Lipinski definition) is 1. The molecular formula is C33H32N2O. The molecule has 1 saturated heterocycles. The molecule has 2 atom stereocenters. The number of para-hydroxylation sites is 1. The van der Waals surface area contributed by atoms with E-state index in [0.717, 1.165) is 6.42 Å². The van der Waals surface area contributed by atoms with Crippen LogP contribution in [0.5, 0.6) is 0 Å². The lowest BCUT2D eigenvalue weighted by atomic mass is 9.77. The number of nitrogens with one attached hydrogen (secondary N) is 1. The van der Waals surface area contributed by atoms with Gasteiger partial charge in [-0.05, 0) is 55.6 Å². The fourth-order valence-corrected chi connectivity index (χ4v) is 5.80. The largest absolute Gasteiger partial charge is 0.361 e. The molecule has 0 bridgehead atoms. The highest BCUT2D eigenvalue weighted by atomic mass is 16.5. The first-order chi connectivity index (χ1) is 17.6. The molecule has 3 nitrogen and oxygen atoms in total. The summed E-state index contributed by atoms with van der Waals surface area (Å²) >= 11 is 0. The van der Waals surface area contributed by atoms with Crippen LogP contribution in [0.25, 0.3) is 10.9 Å². The molecule has 0 aliphatic carbocycles. The van der Waals surface area contributed by atoms with Gasteiger partial charge in [0.25, 0.3) is 0 Å². The maximum Gasteiger partial charge on any atom is 0.138 e. The zero-order valence-corrected chi connectivity index (χ0v) is 21.1. The summed E-state index contributed by atoms with van der Waals surface area (Å²) < 4.78 is 7.29. The summed E-state index contributed by atoms with van der Waals surface area (Å²) in [5.74, 6) is 0. The molecule has 0 radical (unpaired) electrons. The average molecular weight is 473 g/mol. The molecule has 180 valence electrons. The van der Waals surface area contributed by atoms with Crippen molar-refractivity contribution in [2.75, 3.05) is 7.05 Å². The van der Waals surface area contributed by atoms with E-state index in [2.05, 4.69) is 140 Å². The molecule has 1 aliphatic rings. The molecule has 4 aromatic carbocycles. The second-order valence-corrected chi connectivity index (χ2v) is 10.1. The van der Waals surface area contributed by atoms with Crippen LogP contribution in [0, 0.1) is 13.8 Å². The van der Waals surface area contributed by atoms with E-state index in [0.29, 0.717) is 0 Å². The molecule has 1 aliphatic heterocycles. The quantitative estimate of drug-likeness (QED) is 0.291. The van der Waals surface area contributed by atoms with Crippen molar-refractivity contribution in [3.63, 3.8) is 0 Å². The van der Waals surface area contributed by atoms with Crippen LogP contribution in [0.15, 0.2) is 109 Å². The van der Waals surface area contributed by atoms with Crippen LogP contribution < -0.4 is 0 Å². The Balaban J connectivity index is 1.56. The number of aromatic amines is 1. The number of fused-ring (bicyclic) bond motifs is 1. The Bertz CT molecular complexity index is 1420. The van der Waals surface area contributed by atoms with Gasteiger partial charge in [-0.1, -0.05) is 108 Å². The monoisotopic (exact) mass is 472 g/mol.